The Morgan fingerprint density at radius 2 is 2.50 bits per heavy atom. The van der Waals surface area contributed by atoms with Gasteiger partial charge in [-0.3, -0.25) is 9.78 Å². The van der Waals surface area contributed by atoms with E-state index in [0.29, 0.717) is 5.56 Å². The fraction of sp³-hybridized carbons (Fsp3) is 0.250. The summed E-state index contributed by atoms with van der Waals surface area (Å²) in [5.74, 6) is -0.468. The molecule has 1 unspecified atom stereocenters. The molecule has 1 rings (SSSR count). The number of halogens is 1. The molecule has 12 heavy (non-hydrogen) atoms. The van der Waals surface area contributed by atoms with E-state index in [4.69, 9.17) is 11.6 Å². The summed E-state index contributed by atoms with van der Waals surface area (Å²) < 4.78 is 4.47. The molecule has 0 fully saturated rings. The highest BCUT2D eigenvalue weighted by molar-refractivity contribution is 6.29. The minimum atomic E-state index is -0.760. The number of hydrogen-bond acceptors (Lipinski definition) is 3. The van der Waals surface area contributed by atoms with Crippen LogP contribution >= 0.6 is 11.6 Å². The molecule has 0 aliphatic heterocycles. The Bertz CT molecular complexity index is 263. The molecule has 0 saturated heterocycles. The second-order valence-electron chi connectivity index (χ2n) is 2.17. The number of nitrogens with zero attached hydrogens (tertiary/aromatic N) is 1. The summed E-state index contributed by atoms with van der Waals surface area (Å²) in [5.41, 5.74) is 0.644. The summed E-state index contributed by atoms with van der Waals surface area (Å²) >= 11 is 5.74. The smallest absolute Gasteiger partial charge is 0.328 e. The number of hydrogen-bond donors (Lipinski definition) is 0. The van der Waals surface area contributed by atoms with Gasteiger partial charge in [0.15, 0.2) is 5.38 Å². The van der Waals surface area contributed by atoms with Gasteiger partial charge < -0.3 is 4.74 Å². The van der Waals surface area contributed by atoms with Crippen LogP contribution in [0.1, 0.15) is 10.9 Å². The van der Waals surface area contributed by atoms with Gasteiger partial charge in [-0.15, -0.1) is 11.6 Å². The molecule has 0 bridgehead atoms. The Morgan fingerprint density at radius 3 is 3.00 bits per heavy atom. The van der Waals surface area contributed by atoms with Gasteiger partial charge in [0.2, 0.25) is 0 Å². The summed E-state index contributed by atoms with van der Waals surface area (Å²) in [7, 11) is 1.30. The number of esters is 1. The molecule has 4 heteroatoms. The fourth-order valence-corrected chi connectivity index (χ4v) is 0.984. The summed E-state index contributed by atoms with van der Waals surface area (Å²) in [5, 5.41) is -0.760. The number of carbonyl (C=O) groups excluding carboxylic acids is 1. The van der Waals surface area contributed by atoms with Crippen LogP contribution in [0.5, 0.6) is 0 Å². The molecular weight excluding hydrogens is 178 g/mol. The zero-order valence-corrected chi connectivity index (χ0v) is 7.28. The van der Waals surface area contributed by atoms with Gasteiger partial charge in [0.25, 0.3) is 0 Å². The fourth-order valence-electron chi connectivity index (χ4n) is 0.765. The first-order valence-electron chi connectivity index (χ1n) is 3.37. The van der Waals surface area contributed by atoms with Crippen molar-refractivity contribution < 1.29 is 9.53 Å². The molecule has 1 atom stereocenters. The minimum Gasteiger partial charge on any atom is -0.468 e. The first-order chi connectivity index (χ1) is 5.75. The van der Waals surface area contributed by atoms with Crippen LogP contribution in [0.2, 0.25) is 0 Å². The second-order valence-corrected chi connectivity index (χ2v) is 2.61. The van der Waals surface area contributed by atoms with Crippen LogP contribution in [-0.2, 0) is 9.53 Å². The van der Waals surface area contributed by atoms with E-state index in [1.807, 2.05) is 0 Å². The van der Waals surface area contributed by atoms with Gasteiger partial charge in [0, 0.05) is 12.4 Å². The Morgan fingerprint density at radius 1 is 1.75 bits per heavy atom. The predicted molar refractivity (Wildman–Crippen MR) is 44.8 cm³/mol. The first-order valence-corrected chi connectivity index (χ1v) is 3.81. The third-order valence-corrected chi connectivity index (χ3v) is 1.82. The molecule has 0 saturated carbocycles. The van der Waals surface area contributed by atoms with Gasteiger partial charge in [-0.05, 0) is 11.6 Å². The summed E-state index contributed by atoms with van der Waals surface area (Å²) in [4.78, 5) is 14.8. The molecule has 1 aromatic rings. The number of ether oxygens (including phenoxy) is 1. The Labute approximate surface area is 75.3 Å². The third kappa shape index (κ3) is 1.95. The second kappa shape index (κ2) is 4.07. The lowest BCUT2D eigenvalue weighted by molar-refractivity contribution is -0.140. The summed E-state index contributed by atoms with van der Waals surface area (Å²) in [6, 6.07) is 3.44. The monoisotopic (exact) mass is 185 g/mol. The number of methoxy groups -OCH3 is 1. The highest BCUT2D eigenvalue weighted by Crippen LogP contribution is 2.19. The van der Waals surface area contributed by atoms with Crippen molar-refractivity contribution in [3.8, 4) is 0 Å². The molecule has 0 aliphatic carbocycles. The average Bonchev–Trinajstić information content (AvgIpc) is 2.17. The van der Waals surface area contributed by atoms with Crippen LogP contribution in [0.25, 0.3) is 0 Å². The topological polar surface area (TPSA) is 39.2 Å². The van der Waals surface area contributed by atoms with Crippen molar-refractivity contribution in [3.05, 3.63) is 30.1 Å². The van der Waals surface area contributed by atoms with Crippen molar-refractivity contribution in [1.82, 2.24) is 4.98 Å². The summed E-state index contributed by atoms with van der Waals surface area (Å²) in [6.07, 6.45) is 3.15. The van der Waals surface area contributed by atoms with Crippen LogP contribution in [0.4, 0.5) is 0 Å². The molecule has 64 valence electrons. The van der Waals surface area contributed by atoms with Crippen molar-refractivity contribution in [2.24, 2.45) is 0 Å². The van der Waals surface area contributed by atoms with Crippen molar-refractivity contribution >= 4 is 17.6 Å². The van der Waals surface area contributed by atoms with Gasteiger partial charge in [-0.25, -0.2) is 0 Å². The normalized spacial score (nSPS) is 12.2. The average molecular weight is 186 g/mol. The number of pyridine rings is 1. The Hall–Kier alpha value is -1.09. The molecular formula is C8H8ClNO2. The molecule has 0 radical (unpaired) electrons. The van der Waals surface area contributed by atoms with E-state index in [0.717, 1.165) is 0 Å². The van der Waals surface area contributed by atoms with E-state index >= 15 is 0 Å². The number of alkyl halides is 1. The van der Waals surface area contributed by atoms with Crippen molar-refractivity contribution in [2.75, 3.05) is 7.11 Å². The van der Waals surface area contributed by atoms with E-state index in [9.17, 15) is 4.79 Å². The van der Waals surface area contributed by atoms with Crippen molar-refractivity contribution in [2.45, 2.75) is 5.38 Å². The van der Waals surface area contributed by atoms with E-state index < -0.39 is 11.3 Å². The van der Waals surface area contributed by atoms with E-state index in [2.05, 4.69) is 9.72 Å². The van der Waals surface area contributed by atoms with Gasteiger partial charge in [-0.1, -0.05) is 6.07 Å². The molecule has 0 aliphatic rings. The zero-order valence-electron chi connectivity index (χ0n) is 6.53. The Balaban J connectivity index is 2.78. The number of rotatable bonds is 2. The van der Waals surface area contributed by atoms with Crippen molar-refractivity contribution in [1.29, 1.82) is 0 Å². The third-order valence-electron chi connectivity index (χ3n) is 1.39. The van der Waals surface area contributed by atoms with Crippen LogP contribution in [0.3, 0.4) is 0 Å². The lowest BCUT2D eigenvalue weighted by atomic mass is 10.2. The number of aromatic nitrogens is 1. The van der Waals surface area contributed by atoms with Gasteiger partial charge in [0.05, 0.1) is 7.11 Å². The lowest BCUT2D eigenvalue weighted by Crippen LogP contribution is -2.08. The standard InChI is InChI=1S/C8H8ClNO2/c1-12-8(11)7(9)6-3-2-4-10-5-6/h2-5,7H,1H3. The number of carbonyl (C=O) groups is 1. The molecule has 3 nitrogen and oxygen atoms in total. The SMILES string of the molecule is COC(=O)C(Cl)c1cccnc1. The lowest BCUT2D eigenvalue weighted by Gasteiger charge is -2.05. The molecule has 0 aromatic carbocycles. The van der Waals surface area contributed by atoms with E-state index in [1.165, 1.54) is 13.3 Å². The minimum absolute atomic E-state index is 0.468. The maximum absolute atomic E-state index is 10.9. The van der Waals surface area contributed by atoms with Crippen LogP contribution < -0.4 is 0 Å². The maximum Gasteiger partial charge on any atom is 0.328 e. The molecule has 0 amide bonds. The molecule has 0 N–H and O–H groups in total. The summed E-state index contributed by atoms with van der Waals surface area (Å²) in [6.45, 7) is 0. The van der Waals surface area contributed by atoms with Gasteiger partial charge in [0.1, 0.15) is 0 Å². The Kier molecular flexibility index (Phi) is 3.05. The van der Waals surface area contributed by atoms with Crippen LogP contribution in [0.15, 0.2) is 24.5 Å². The zero-order chi connectivity index (χ0) is 8.97. The molecule has 1 aromatic heterocycles. The van der Waals surface area contributed by atoms with Crippen LogP contribution in [0, 0.1) is 0 Å². The van der Waals surface area contributed by atoms with Crippen LogP contribution in [-0.4, -0.2) is 18.1 Å². The van der Waals surface area contributed by atoms with E-state index in [1.54, 1.807) is 18.3 Å². The van der Waals surface area contributed by atoms with Gasteiger partial charge in [-0.2, -0.15) is 0 Å². The quantitative estimate of drug-likeness (QED) is 0.518. The molecule has 0 spiro atoms. The highest BCUT2D eigenvalue weighted by atomic mass is 35.5. The van der Waals surface area contributed by atoms with Gasteiger partial charge >= 0.3 is 5.97 Å². The van der Waals surface area contributed by atoms with E-state index in [-0.39, 0.29) is 0 Å². The molecule has 1 heterocycles. The maximum atomic E-state index is 10.9. The largest absolute Gasteiger partial charge is 0.468 e. The highest BCUT2D eigenvalue weighted by Gasteiger charge is 2.17. The first kappa shape index (κ1) is 9.00. The van der Waals surface area contributed by atoms with Crippen molar-refractivity contribution in [3.63, 3.8) is 0 Å². The predicted octanol–water partition coefficient (Wildman–Crippen LogP) is 1.53.